The fourth-order valence-corrected chi connectivity index (χ4v) is 2.08. The quantitative estimate of drug-likeness (QED) is 0.869. The summed E-state index contributed by atoms with van der Waals surface area (Å²) in [6.45, 7) is 0.353. The van der Waals surface area contributed by atoms with Crippen molar-refractivity contribution in [2.24, 2.45) is 5.73 Å². The SMILES string of the molecule is NCCc1cccc(F)c1-c1ccc(OC(F)(F)F)cc1. The van der Waals surface area contributed by atoms with Crippen molar-refractivity contribution >= 4 is 0 Å². The van der Waals surface area contributed by atoms with Crippen molar-refractivity contribution in [3.63, 3.8) is 0 Å². The maximum absolute atomic E-state index is 14.0. The summed E-state index contributed by atoms with van der Waals surface area (Å²) in [5.74, 6) is -0.784. The normalized spacial score (nSPS) is 11.5. The first kappa shape index (κ1) is 15.3. The van der Waals surface area contributed by atoms with Crippen molar-refractivity contribution in [1.29, 1.82) is 0 Å². The number of ether oxygens (including phenoxy) is 1. The van der Waals surface area contributed by atoms with Gasteiger partial charge in [-0.2, -0.15) is 0 Å². The lowest BCUT2D eigenvalue weighted by atomic mass is 9.97. The number of rotatable bonds is 4. The maximum atomic E-state index is 14.0. The van der Waals surface area contributed by atoms with Gasteiger partial charge in [-0.1, -0.05) is 24.3 Å². The predicted molar refractivity (Wildman–Crippen MR) is 71.3 cm³/mol. The van der Waals surface area contributed by atoms with E-state index in [0.717, 1.165) is 12.1 Å². The van der Waals surface area contributed by atoms with E-state index in [4.69, 9.17) is 5.73 Å². The Bertz CT molecular complexity index is 608. The molecule has 0 fully saturated rings. The van der Waals surface area contributed by atoms with Crippen molar-refractivity contribution in [3.05, 3.63) is 53.8 Å². The molecule has 21 heavy (non-hydrogen) atoms. The van der Waals surface area contributed by atoms with E-state index in [9.17, 15) is 17.6 Å². The average Bonchev–Trinajstić information content (AvgIpc) is 2.39. The lowest BCUT2D eigenvalue weighted by Gasteiger charge is -2.12. The van der Waals surface area contributed by atoms with Gasteiger partial charge in [0.15, 0.2) is 0 Å². The molecular formula is C15H13F4NO. The van der Waals surface area contributed by atoms with Gasteiger partial charge in [0.1, 0.15) is 11.6 Å². The molecule has 2 aromatic carbocycles. The van der Waals surface area contributed by atoms with E-state index in [0.29, 0.717) is 29.7 Å². The minimum absolute atomic E-state index is 0.344. The van der Waals surface area contributed by atoms with Gasteiger partial charge in [0.05, 0.1) is 0 Å². The summed E-state index contributed by atoms with van der Waals surface area (Å²) in [5.41, 5.74) is 7.02. The lowest BCUT2D eigenvalue weighted by molar-refractivity contribution is -0.274. The molecule has 0 saturated heterocycles. The van der Waals surface area contributed by atoms with Crippen LogP contribution in [0.5, 0.6) is 5.75 Å². The van der Waals surface area contributed by atoms with Gasteiger partial charge in [0, 0.05) is 5.56 Å². The lowest BCUT2D eigenvalue weighted by Crippen LogP contribution is -2.16. The zero-order chi connectivity index (χ0) is 15.5. The summed E-state index contributed by atoms with van der Waals surface area (Å²) in [6, 6.07) is 9.70. The van der Waals surface area contributed by atoms with Crippen LogP contribution >= 0.6 is 0 Å². The Kier molecular flexibility index (Phi) is 4.47. The van der Waals surface area contributed by atoms with Crippen LogP contribution in [0.15, 0.2) is 42.5 Å². The molecule has 2 rings (SSSR count). The second-order valence-electron chi connectivity index (χ2n) is 4.38. The third-order valence-corrected chi connectivity index (χ3v) is 2.89. The second kappa shape index (κ2) is 6.13. The van der Waals surface area contributed by atoms with Crippen LogP contribution in [0, 0.1) is 5.82 Å². The first-order valence-electron chi connectivity index (χ1n) is 6.24. The molecule has 0 heterocycles. The van der Waals surface area contributed by atoms with Crippen LogP contribution in [-0.4, -0.2) is 12.9 Å². The molecule has 2 N–H and O–H groups in total. The molecule has 0 spiro atoms. The predicted octanol–water partition coefficient (Wildman–Crippen LogP) is 3.89. The third kappa shape index (κ3) is 3.95. The van der Waals surface area contributed by atoms with E-state index >= 15 is 0 Å². The van der Waals surface area contributed by atoms with Crippen molar-refractivity contribution in [2.75, 3.05) is 6.54 Å². The van der Waals surface area contributed by atoms with Gasteiger partial charge < -0.3 is 10.5 Å². The van der Waals surface area contributed by atoms with Gasteiger partial charge in [-0.25, -0.2) is 4.39 Å². The number of hydrogen-bond donors (Lipinski definition) is 1. The van der Waals surface area contributed by atoms with Crippen LogP contribution < -0.4 is 10.5 Å². The molecule has 2 nitrogen and oxygen atoms in total. The minimum Gasteiger partial charge on any atom is -0.406 e. The van der Waals surface area contributed by atoms with E-state index in [2.05, 4.69) is 4.74 Å². The Morgan fingerprint density at radius 3 is 2.24 bits per heavy atom. The van der Waals surface area contributed by atoms with E-state index in [1.807, 2.05) is 0 Å². The summed E-state index contributed by atoms with van der Waals surface area (Å²) in [4.78, 5) is 0. The molecule has 0 radical (unpaired) electrons. The highest BCUT2D eigenvalue weighted by atomic mass is 19.4. The highest BCUT2D eigenvalue weighted by molar-refractivity contribution is 5.68. The monoisotopic (exact) mass is 299 g/mol. The maximum Gasteiger partial charge on any atom is 0.573 e. The van der Waals surface area contributed by atoms with Gasteiger partial charge in [-0.3, -0.25) is 0 Å². The molecule has 2 aromatic rings. The Morgan fingerprint density at radius 2 is 1.67 bits per heavy atom. The van der Waals surface area contributed by atoms with Crippen LogP contribution in [0.4, 0.5) is 17.6 Å². The molecule has 112 valence electrons. The number of halogens is 4. The molecule has 0 aliphatic rings. The highest BCUT2D eigenvalue weighted by Crippen LogP contribution is 2.30. The van der Waals surface area contributed by atoms with Gasteiger partial charge in [-0.05, 0) is 42.3 Å². The molecule has 0 saturated carbocycles. The molecule has 6 heteroatoms. The summed E-state index contributed by atoms with van der Waals surface area (Å²) >= 11 is 0. The third-order valence-electron chi connectivity index (χ3n) is 2.89. The first-order chi connectivity index (χ1) is 9.90. The van der Waals surface area contributed by atoms with Crippen molar-refractivity contribution in [3.8, 4) is 16.9 Å². The Balaban J connectivity index is 2.35. The van der Waals surface area contributed by atoms with Crippen LogP contribution in [0.25, 0.3) is 11.1 Å². The van der Waals surface area contributed by atoms with Crippen LogP contribution in [0.2, 0.25) is 0 Å². The molecule has 0 unspecified atom stereocenters. The highest BCUT2D eigenvalue weighted by Gasteiger charge is 2.31. The minimum atomic E-state index is -4.75. The molecule has 0 amide bonds. The summed E-state index contributed by atoms with van der Waals surface area (Å²) in [5, 5.41) is 0. The molecule has 0 atom stereocenters. The van der Waals surface area contributed by atoms with Crippen molar-refractivity contribution < 1.29 is 22.3 Å². The topological polar surface area (TPSA) is 35.2 Å². The standard InChI is InChI=1S/C15H13F4NO/c16-13-3-1-2-10(8-9-20)14(13)11-4-6-12(7-5-11)21-15(17,18)19/h1-7H,8-9,20H2. The van der Waals surface area contributed by atoms with Crippen molar-refractivity contribution in [1.82, 2.24) is 0 Å². The molecule has 0 aliphatic heterocycles. The molecule has 0 bridgehead atoms. The summed E-state index contributed by atoms with van der Waals surface area (Å²) < 4.78 is 54.1. The van der Waals surface area contributed by atoms with Crippen LogP contribution in [0.1, 0.15) is 5.56 Å². The van der Waals surface area contributed by atoms with Gasteiger partial charge in [0.25, 0.3) is 0 Å². The summed E-state index contributed by atoms with van der Waals surface area (Å²) in [6.07, 6.45) is -4.27. The Hall–Kier alpha value is -2.08. The summed E-state index contributed by atoms with van der Waals surface area (Å²) in [7, 11) is 0. The number of hydrogen-bond acceptors (Lipinski definition) is 2. The van der Waals surface area contributed by atoms with E-state index < -0.39 is 12.2 Å². The number of alkyl halides is 3. The number of benzene rings is 2. The second-order valence-corrected chi connectivity index (χ2v) is 4.38. The zero-order valence-corrected chi connectivity index (χ0v) is 11.0. The van der Waals surface area contributed by atoms with E-state index in [1.165, 1.54) is 18.2 Å². The smallest absolute Gasteiger partial charge is 0.406 e. The molecular weight excluding hydrogens is 286 g/mol. The molecule has 0 aliphatic carbocycles. The largest absolute Gasteiger partial charge is 0.573 e. The zero-order valence-electron chi connectivity index (χ0n) is 11.0. The Morgan fingerprint density at radius 1 is 1.00 bits per heavy atom. The van der Waals surface area contributed by atoms with Gasteiger partial charge in [-0.15, -0.1) is 13.2 Å². The van der Waals surface area contributed by atoms with Crippen molar-refractivity contribution in [2.45, 2.75) is 12.8 Å². The van der Waals surface area contributed by atoms with E-state index in [1.54, 1.807) is 12.1 Å². The van der Waals surface area contributed by atoms with Crippen LogP contribution in [-0.2, 0) is 6.42 Å². The van der Waals surface area contributed by atoms with Gasteiger partial charge in [0.2, 0.25) is 0 Å². The fourth-order valence-electron chi connectivity index (χ4n) is 2.08. The number of nitrogens with two attached hydrogens (primary N) is 1. The average molecular weight is 299 g/mol. The van der Waals surface area contributed by atoms with Crippen LogP contribution in [0.3, 0.4) is 0 Å². The van der Waals surface area contributed by atoms with Gasteiger partial charge >= 0.3 is 6.36 Å². The van der Waals surface area contributed by atoms with E-state index in [-0.39, 0.29) is 5.75 Å². The fraction of sp³-hybridized carbons (Fsp3) is 0.200. The first-order valence-corrected chi connectivity index (χ1v) is 6.24. The Labute approximate surface area is 119 Å². The molecule has 0 aromatic heterocycles.